The normalized spacial score (nSPS) is 20.5. The van der Waals surface area contributed by atoms with Crippen molar-refractivity contribution in [2.75, 3.05) is 38.5 Å². The number of pyridine rings is 1. The lowest BCUT2D eigenvalue weighted by Crippen LogP contribution is -2.44. The van der Waals surface area contributed by atoms with Crippen LogP contribution in [-0.2, 0) is 4.79 Å². The van der Waals surface area contributed by atoms with Crippen LogP contribution < -0.4 is 5.32 Å². The Kier molecular flexibility index (Phi) is 4.77. The number of hydrogen-bond donors (Lipinski definition) is 2. The minimum absolute atomic E-state index is 0.0798. The van der Waals surface area contributed by atoms with Crippen LogP contribution in [0.15, 0.2) is 52.9 Å². The van der Waals surface area contributed by atoms with Crippen LogP contribution >= 0.6 is 0 Å². The fourth-order valence-electron chi connectivity index (χ4n) is 3.86. The highest BCUT2D eigenvalue weighted by atomic mass is 16.3. The molecule has 0 spiro atoms. The van der Waals surface area contributed by atoms with E-state index in [4.69, 9.17) is 0 Å². The number of nitrogens with one attached hydrogen (secondary N) is 1. The average molecular weight is 380 g/mol. The molecule has 0 amide bonds. The first-order chi connectivity index (χ1) is 13.5. The van der Waals surface area contributed by atoms with E-state index in [2.05, 4.69) is 22.5 Å². The van der Waals surface area contributed by atoms with Crippen molar-refractivity contribution in [2.24, 2.45) is 4.99 Å². The van der Waals surface area contributed by atoms with E-state index in [0.29, 0.717) is 22.8 Å². The molecule has 146 valence electrons. The summed E-state index contributed by atoms with van der Waals surface area (Å²) in [6.07, 6.45) is 7.45. The molecule has 28 heavy (non-hydrogen) atoms. The quantitative estimate of drug-likeness (QED) is 0.617. The second-order valence-corrected chi connectivity index (χ2v) is 7.82. The molecular formula is C21H26N5O2+. The number of aliphatic hydroxyl groups is 1. The number of ketones is 1. The van der Waals surface area contributed by atoms with Gasteiger partial charge in [-0.2, -0.15) is 0 Å². The molecule has 2 N–H and O–H groups in total. The topological polar surface area (TPSA) is 79.0 Å². The van der Waals surface area contributed by atoms with Gasteiger partial charge in [0.05, 0.1) is 38.7 Å². The van der Waals surface area contributed by atoms with Crippen molar-refractivity contribution in [3.63, 3.8) is 0 Å². The summed E-state index contributed by atoms with van der Waals surface area (Å²) < 4.78 is 2.86. The zero-order valence-electron chi connectivity index (χ0n) is 16.4. The van der Waals surface area contributed by atoms with Crippen LogP contribution in [0.1, 0.15) is 19.8 Å². The molecule has 1 saturated heterocycles. The molecule has 3 heterocycles. The molecule has 2 aliphatic rings. The number of nitrogens with zero attached hydrogens (tertiary/aromatic N) is 4. The summed E-state index contributed by atoms with van der Waals surface area (Å²) in [5, 5.41) is 18.4. The molecule has 4 rings (SSSR count). The number of allylic oxidation sites excluding steroid dienone is 3. The third-order valence-corrected chi connectivity index (χ3v) is 5.70. The highest BCUT2D eigenvalue weighted by Gasteiger charge is 2.26. The van der Waals surface area contributed by atoms with Gasteiger partial charge in [0.25, 0.3) is 0 Å². The Hall–Kier alpha value is -2.93. The maximum atomic E-state index is 11.7. The monoisotopic (exact) mass is 380 g/mol. The van der Waals surface area contributed by atoms with Gasteiger partial charge < -0.3 is 14.9 Å². The number of quaternary nitrogens is 1. The number of likely N-dealkylation sites (N-methyl/N-ethyl adjacent to an activating group) is 1. The van der Waals surface area contributed by atoms with E-state index in [1.54, 1.807) is 17.5 Å². The smallest absolute Gasteiger partial charge is 0.185 e. The van der Waals surface area contributed by atoms with E-state index < -0.39 is 0 Å². The van der Waals surface area contributed by atoms with Gasteiger partial charge in [0.1, 0.15) is 17.2 Å². The number of carbonyl (C=O) groups is 1. The second kappa shape index (κ2) is 7.24. The Bertz CT molecular complexity index is 1010. The highest BCUT2D eigenvalue weighted by molar-refractivity contribution is 6.21. The molecule has 2 aromatic heterocycles. The third kappa shape index (κ3) is 3.45. The average Bonchev–Trinajstić information content (AvgIpc) is 3.26. The van der Waals surface area contributed by atoms with Gasteiger partial charge in [-0.05, 0) is 31.2 Å². The van der Waals surface area contributed by atoms with E-state index in [9.17, 15) is 9.90 Å². The molecule has 2 aromatic rings. The lowest BCUT2D eigenvalue weighted by molar-refractivity contribution is -0.895. The van der Waals surface area contributed by atoms with Crippen LogP contribution in [0.2, 0.25) is 0 Å². The van der Waals surface area contributed by atoms with Crippen molar-refractivity contribution in [3.8, 4) is 0 Å². The molecule has 7 heteroatoms. The number of carbonyl (C=O) groups excluding carboxylic acids is 1. The van der Waals surface area contributed by atoms with E-state index in [1.807, 2.05) is 24.4 Å². The van der Waals surface area contributed by atoms with Crippen molar-refractivity contribution in [1.29, 1.82) is 0 Å². The van der Waals surface area contributed by atoms with Crippen molar-refractivity contribution in [1.82, 2.24) is 9.61 Å². The molecule has 1 aliphatic heterocycles. The summed E-state index contributed by atoms with van der Waals surface area (Å²) in [6, 6.07) is 5.79. The Morgan fingerprint density at radius 1 is 1.29 bits per heavy atom. The molecule has 0 radical (unpaired) electrons. The number of rotatable bonds is 5. The van der Waals surface area contributed by atoms with Gasteiger partial charge >= 0.3 is 0 Å². The predicted octanol–water partition coefficient (Wildman–Crippen LogP) is 3.03. The Balaban J connectivity index is 1.65. The van der Waals surface area contributed by atoms with Crippen molar-refractivity contribution < 1.29 is 14.4 Å². The van der Waals surface area contributed by atoms with Crippen LogP contribution in [0.4, 0.5) is 11.5 Å². The second-order valence-electron chi connectivity index (χ2n) is 7.82. The maximum absolute atomic E-state index is 11.7. The molecule has 0 atom stereocenters. The first kappa shape index (κ1) is 18.4. The molecule has 1 fully saturated rings. The lowest BCUT2D eigenvalue weighted by Gasteiger charge is -2.29. The number of aromatic nitrogens is 2. The fraction of sp³-hybridized carbons (Fsp3) is 0.381. The van der Waals surface area contributed by atoms with Crippen LogP contribution in [0.5, 0.6) is 0 Å². The number of hydrogen-bond acceptors (Lipinski definition) is 5. The lowest BCUT2D eigenvalue weighted by atomic mass is 10.0. The molecule has 0 unspecified atom stereocenters. The van der Waals surface area contributed by atoms with Gasteiger partial charge in [-0.3, -0.25) is 4.79 Å². The predicted molar refractivity (Wildman–Crippen MR) is 110 cm³/mol. The van der Waals surface area contributed by atoms with Gasteiger partial charge in [0.15, 0.2) is 11.6 Å². The van der Waals surface area contributed by atoms with Crippen LogP contribution in [0.3, 0.4) is 0 Å². The van der Waals surface area contributed by atoms with Gasteiger partial charge in [-0.1, -0.05) is 6.07 Å². The summed E-state index contributed by atoms with van der Waals surface area (Å²) in [6.45, 7) is 5.87. The molecular weight excluding hydrogens is 354 g/mol. The number of likely N-dealkylation sites (tertiary alicyclic amines) is 1. The maximum Gasteiger partial charge on any atom is 0.185 e. The first-order valence-electron chi connectivity index (χ1n) is 9.73. The summed E-state index contributed by atoms with van der Waals surface area (Å²) >= 11 is 0. The molecule has 0 aromatic carbocycles. The fourth-order valence-corrected chi connectivity index (χ4v) is 3.86. The third-order valence-electron chi connectivity index (χ3n) is 5.70. The number of anilines is 1. The van der Waals surface area contributed by atoms with Crippen LogP contribution in [0, 0.1) is 0 Å². The summed E-state index contributed by atoms with van der Waals surface area (Å²) in [7, 11) is 2.30. The molecule has 0 bridgehead atoms. The summed E-state index contributed by atoms with van der Waals surface area (Å²) in [5.41, 5.74) is 2.18. The molecule has 7 nitrogen and oxygen atoms in total. The van der Waals surface area contributed by atoms with E-state index in [0.717, 1.165) is 23.1 Å². The van der Waals surface area contributed by atoms with E-state index in [-0.39, 0.29) is 11.5 Å². The zero-order chi connectivity index (χ0) is 19.7. The minimum atomic E-state index is -0.197. The highest BCUT2D eigenvalue weighted by Crippen LogP contribution is 2.31. The Morgan fingerprint density at radius 3 is 2.86 bits per heavy atom. The van der Waals surface area contributed by atoms with Crippen molar-refractivity contribution in [3.05, 3.63) is 47.9 Å². The summed E-state index contributed by atoms with van der Waals surface area (Å²) in [5.74, 6) is 0.404. The van der Waals surface area contributed by atoms with Crippen LogP contribution in [0.25, 0.3) is 5.52 Å². The van der Waals surface area contributed by atoms with Crippen molar-refractivity contribution >= 4 is 28.5 Å². The van der Waals surface area contributed by atoms with E-state index >= 15 is 0 Å². The standard InChI is InChI=1S/C21H25N5O2/c1-15-18(27)9-8-16(20(15)28)23-19-17-7-3-4-11-25(17)24-21(19)22-10-14-26(2)12-5-6-13-26/h3-4,7-9,11H,5-6,10,12-14H2,1-2H3,(H-,22,24,27,28)/p+1. The zero-order valence-corrected chi connectivity index (χ0v) is 16.4. The van der Waals surface area contributed by atoms with Gasteiger partial charge in [-0.15, -0.1) is 5.10 Å². The van der Waals surface area contributed by atoms with Gasteiger partial charge in [0.2, 0.25) is 0 Å². The van der Waals surface area contributed by atoms with Crippen molar-refractivity contribution in [2.45, 2.75) is 19.8 Å². The number of fused-ring (bicyclic) bond motifs is 1. The van der Waals surface area contributed by atoms with Gasteiger partial charge in [-0.25, -0.2) is 9.51 Å². The number of aliphatic hydroxyl groups excluding tert-OH is 1. The van der Waals surface area contributed by atoms with E-state index in [1.165, 1.54) is 32.0 Å². The molecule has 1 aliphatic carbocycles. The molecule has 0 saturated carbocycles. The number of aliphatic imine (C=N–C) groups is 1. The largest absolute Gasteiger partial charge is 0.505 e. The minimum Gasteiger partial charge on any atom is -0.505 e. The van der Waals surface area contributed by atoms with Crippen LogP contribution in [-0.4, -0.2) is 63.9 Å². The Labute approximate surface area is 164 Å². The Morgan fingerprint density at radius 2 is 2.07 bits per heavy atom. The summed E-state index contributed by atoms with van der Waals surface area (Å²) in [4.78, 5) is 16.4. The van der Waals surface area contributed by atoms with Gasteiger partial charge in [0, 0.05) is 24.6 Å². The SMILES string of the molecule is CC1=C(O)C(=Nc2c(NCC[N+]3(C)CCCC3)nn3ccccc23)C=CC1=O. The first-order valence-corrected chi connectivity index (χ1v) is 9.73.